The van der Waals surface area contributed by atoms with E-state index in [1.54, 1.807) is 6.08 Å². The fourth-order valence-electron chi connectivity index (χ4n) is 1.02. The first-order valence-corrected chi connectivity index (χ1v) is 3.84. The molecule has 0 aromatic heterocycles. The predicted octanol–water partition coefficient (Wildman–Crippen LogP) is 1.23. The molecule has 1 aliphatic heterocycles. The molecule has 0 aromatic rings. The Kier molecular flexibility index (Phi) is 3.00. The quantitative estimate of drug-likeness (QED) is 0.537. The Labute approximate surface area is 61.3 Å². The molecule has 1 amide bonds. The first-order valence-electron chi connectivity index (χ1n) is 3.84. The first kappa shape index (κ1) is 7.32. The number of carbonyl (C=O) groups excluding carboxylic acids is 1. The van der Waals surface area contributed by atoms with Gasteiger partial charge in [-0.2, -0.15) is 0 Å². The van der Waals surface area contributed by atoms with Gasteiger partial charge in [-0.15, -0.1) is 0 Å². The Hall–Kier alpha value is -0.790. The molecule has 0 unspecified atom stereocenters. The van der Waals surface area contributed by atoms with Gasteiger partial charge in [-0.25, -0.2) is 0 Å². The van der Waals surface area contributed by atoms with E-state index in [0.717, 1.165) is 19.4 Å². The van der Waals surface area contributed by atoms with E-state index >= 15 is 0 Å². The Morgan fingerprint density at radius 2 is 2.20 bits per heavy atom. The Balaban J connectivity index is 2.35. The van der Waals surface area contributed by atoms with Crippen LogP contribution in [0.2, 0.25) is 0 Å². The van der Waals surface area contributed by atoms with Crippen molar-refractivity contribution in [2.45, 2.75) is 25.7 Å². The molecule has 10 heavy (non-hydrogen) atoms. The maximum Gasteiger partial charge on any atom is 0.243 e. The molecule has 0 atom stereocenters. The van der Waals surface area contributed by atoms with E-state index in [-0.39, 0.29) is 5.91 Å². The third-order valence-corrected chi connectivity index (χ3v) is 1.62. The van der Waals surface area contributed by atoms with Crippen molar-refractivity contribution < 1.29 is 4.79 Å². The van der Waals surface area contributed by atoms with Crippen LogP contribution in [0.1, 0.15) is 25.7 Å². The molecule has 1 heterocycles. The highest BCUT2D eigenvalue weighted by atomic mass is 16.1. The summed E-state index contributed by atoms with van der Waals surface area (Å²) >= 11 is 0. The van der Waals surface area contributed by atoms with Crippen LogP contribution in [-0.4, -0.2) is 12.5 Å². The largest absolute Gasteiger partial charge is 0.353 e. The van der Waals surface area contributed by atoms with Crippen LogP contribution in [0, 0.1) is 0 Å². The standard InChI is InChI=1S/C8H13NO/c10-8-6-4-2-1-3-5-7-9-8/h4,6H,1-3,5,7H2,(H,9,10). The number of carbonyl (C=O) groups is 1. The van der Waals surface area contributed by atoms with Gasteiger partial charge in [-0.3, -0.25) is 4.79 Å². The highest BCUT2D eigenvalue weighted by molar-refractivity contribution is 5.87. The summed E-state index contributed by atoms with van der Waals surface area (Å²) < 4.78 is 0. The van der Waals surface area contributed by atoms with Crippen molar-refractivity contribution in [2.75, 3.05) is 6.54 Å². The second-order valence-corrected chi connectivity index (χ2v) is 2.54. The van der Waals surface area contributed by atoms with Gasteiger partial charge in [0, 0.05) is 6.54 Å². The van der Waals surface area contributed by atoms with Gasteiger partial charge in [0.05, 0.1) is 0 Å². The first-order chi connectivity index (χ1) is 4.89. The maximum atomic E-state index is 10.8. The summed E-state index contributed by atoms with van der Waals surface area (Å²) in [6, 6.07) is 0. The Morgan fingerprint density at radius 1 is 1.30 bits per heavy atom. The minimum absolute atomic E-state index is 0.0573. The molecule has 0 fully saturated rings. The molecule has 0 spiro atoms. The van der Waals surface area contributed by atoms with Gasteiger partial charge in [-0.1, -0.05) is 12.5 Å². The SMILES string of the molecule is O=C1C=CCCCCCN1. The third-order valence-electron chi connectivity index (χ3n) is 1.62. The Bertz CT molecular complexity index is 140. The lowest BCUT2D eigenvalue weighted by Gasteiger charge is -1.97. The summed E-state index contributed by atoms with van der Waals surface area (Å²) in [5, 5.41) is 2.80. The highest BCUT2D eigenvalue weighted by Gasteiger charge is 1.96. The molecular formula is C8H13NO. The lowest BCUT2D eigenvalue weighted by atomic mass is 10.2. The van der Waals surface area contributed by atoms with Crippen molar-refractivity contribution in [2.24, 2.45) is 0 Å². The zero-order chi connectivity index (χ0) is 7.23. The number of rotatable bonds is 0. The van der Waals surface area contributed by atoms with Crippen molar-refractivity contribution >= 4 is 5.91 Å². The van der Waals surface area contributed by atoms with Crippen LogP contribution in [0.3, 0.4) is 0 Å². The van der Waals surface area contributed by atoms with E-state index in [1.165, 1.54) is 12.8 Å². The zero-order valence-corrected chi connectivity index (χ0v) is 6.10. The predicted molar refractivity (Wildman–Crippen MR) is 40.6 cm³/mol. The molecule has 0 saturated carbocycles. The average Bonchev–Trinajstić information content (AvgIpc) is 2.02. The van der Waals surface area contributed by atoms with Gasteiger partial charge in [0.2, 0.25) is 5.91 Å². The van der Waals surface area contributed by atoms with E-state index < -0.39 is 0 Å². The van der Waals surface area contributed by atoms with E-state index in [1.807, 2.05) is 6.08 Å². The van der Waals surface area contributed by atoms with Crippen molar-refractivity contribution in [3.8, 4) is 0 Å². The summed E-state index contributed by atoms with van der Waals surface area (Å²) in [7, 11) is 0. The molecule has 0 aromatic carbocycles. The highest BCUT2D eigenvalue weighted by Crippen LogP contribution is 2.01. The monoisotopic (exact) mass is 139 g/mol. The molecule has 1 aliphatic rings. The molecule has 2 heteroatoms. The topological polar surface area (TPSA) is 29.1 Å². The van der Waals surface area contributed by atoms with E-state index in [2.05, 4.69) is 5.32 Å². The molecule has 0 aliphatic carbocycles. The minimum Gasteiger partial charge on any atom is -0.353 e. The molecule has 0 bridgehead atoms. The molecule has 0 radical (unpaired) electrons. The minimum atomic E-state index is 0.0573. The number of hydrogen-bond donors (Lipinski definition) is 1. The van der Waals surface area contributed by atoms with Crippen LogP contribution >= 0.6 is 0 Å². The van der Waals surface area contributed by atoms with E-state index in [0.29, 0.717) is 0 Å². The second-order valence-electron chi connectivity index (χ2n) is 2.54. The summed E-state index contributed by atoms with van der Waals surface area (Å²) in [5.74, 6) is 0.0573. The van der Waals surface area contributed by atoms with Crippen LogP contribution in [0.15, 0.2) is 12.2 Å². The van der Waals surface area contributed by atoms with Crippen molar-refractivity contribution in [3.63, 3.8) is 0 Å². The van der Waals surface area contributed by atoms with Gasteiger partial charge in [-0.05, 0) is 25.3 Å². The molecule has 1 rings (SSSR count). The summed E-state index contributed by atoms with van der Waals surface area (Å²) in [4.78, 5) is 10.8. The summed E-state index contributed by atoms with van der Waals surface area (Å²) in [6.07, 6.45) is 8.18. The zero-order valence-electron chi connectivity index (χ0n) is 6.10. The fraction of sp³-hybridized carbons (Fsp3) is 0.625. The van der Waals surface area contributed by atoms with Crippen molar-refractivity contribution in [3.05, 3.63) is 12.2 Å². The van der Waals surface area contributed by atoms with Gasteiger partial charge >= 0.3 is 0 Å². The van der Waals surface area contributed by atoms with Crippen LogP contribution in [-0.2, 0) is 4.79 Å². The lowest BCUT2D eigenvalue weighted by Crippen LogP contribution is -2.21. The molecular weight excluding hydrogens is 126 g/mol. The lowest BCUT2D eigenvalue weighted by molar-refractivity contribution is -0.116. The summed E-state index contributed by atoms with van der Waals surface area (Å²) in [5.41, 5.74) is 0. The smallest absolute Gasteiger partial charge is 0.243 e. The van der Waals surface area contributed by atoms with Gasteiger partial charge in [0.15, 0.2) is 0 Å². The molecule has 56 valence electrons. The molecule has 0 saturated heterocycles. The van der Waals surface area contributed by atoms with Gasteiger partial charge in [0.25, 0.3) is 0 Å². The van der Waals surface area contributed by atoms with Crippen LogP contribution < -0.4 is 5.32 Å². The van der Waals surface area contributed by atoms with E-state index in [9.17, 15) is 4.79 Å². The normalized spacial score (nSPS) is 20.6. The molecule has 1 N–H and O–H groups in total. The van der Waals surface area contributed by atoms with Crippen LogP contribution in [0.25, 0.3) is 0 Å². The second kappa shape index (κ2) is 4.09. The maximum absolute atomic E-state index is 10.8. The number of nitrogens with one attached hydrogen (secondary N) is 1. The van der Waals surface area contributed by atoms with Crippen LogP contribution in [0.5, 0.6) is 0 Å². The average molecular weight is 139 g/mol. The van der Waals surface area contributed by atoms with Gasteiger partial charge in [0.1, 0.15) is 0 Å². The van der Waals surface area contributed by atoms with Crippen molar-refractivity contribution in [1.29, 1.82) is 0 Å². The number of hydrogen-bond acceptors (Lipinski definition) is 1. The van der Waals surface area contributed by atoms with Gasteiger partial charge < -0.3 is 5.32 Å². The van der Waals surface area contributed by atoms with Crippen LogP contribution in [0.4, 0.5) is 0 Å². The number of allylic oxidation sites excluding steroid dienone is 1. The summed E-state index contributed by atoms with van der Waals surface area (Å²) in [6.45, 7) is 0.836. The van der Waals surface area contributed by atoms with E-state index in [4.69, 9.17) is 0 Å². The molecule has 2 nitrogen and oxygen atoms in total. The Morgan fingerprint density at radius 3 is 3.10 bits per heavy atom. The number of amides is 1. The fourth-order valence-corrected chi connectivity index (χ4v) is 1.02. The van der Waals surface area contributed by atoms with Crippen molar-refractivity contribution in [1.82, 2.24) is 5.32 Å². The third kappa shape index (κ3) is 2.67.